The lowest BCUT2D eigenvalue weighted by molar-refractivity contribution is 0.287. The molecule has 0 atom stereocenters. The molecule has 3 heteroatoms. The van der Waals surface area contributed by atoms with Gasteiger partial charge in [0.05, 0.1) is 12.4 Å². The number of hydrogen-bond donors (Lipinski definition) is 2. The summed E-state index contributed by atoms with van der Waals surface area (Å²) in [5.41, 5.74) is 6.71. The lowest BCUT2D eigenvalue weighted by Gasteiger charge is -2.22. The van der Waals surface area contributed by atoms with Gasteiger partial charge in [-0.15, -0.1) is 0 Å². The smallest absolute Gasteiger partial charge is 0.119 e. The Bertz CT molecular complexity index is 410. The minimum Gasteiger partial charge on any atom is -0.494 e. The Balaban J connectivity index is 2.30. The van der Waals surface area contributed by atoms with Gasteiger partial charge in [0.25, 0.3) is 0 Å². The number of aryl methyl sites for hydroxylation is 1. The topological polar surface area (TPSA) is 59.1 Å². The molecule has 0 fully saturated rings. The first-order valence-electron chi connectivity index (χ1n) is 7.52. The second-order valence-electron chi connectivity index (χ2n) is 6.00. The fourth-order valence-corrected chi connectivity index (χ4v) is 1.97. The van der Waals surface area contributed by atoms with Gasteiger partial charge < -0.3 is 10.5 Å². The first-order chi connectivity index (χ1) is 9.45. The third kappa shape index (κ3) is 5.64. The van der Waals surface area contributed by atoms with E-state index in [0.29, 0.717) is 6.61 Å². The maximum absolute atomic E-state index is 7.51. The summed E-state index contributed by atoms with van der Waals surface area (Å²) in [6.45, 7) is 6.88. The number of nitrogens with one attached hydrogen (secondary N) is 1. The predicted molar refractivity (Wildman–Crippen MR) is 85.5 cm³/mol. The molecule has 0 unspecified atom stereocenters. The molecule has 0 aromatic heterocycles. The van der Waals surface area contributed by atoms with Crippen LogP contribution in [0.25, 0.3) is 0 Å². The van der Waals surface area contributed by atoms with Crippen LogP contribution in [-0.4, -0.2) is 12.4 Å². The molecule has 0 amide bonds. The van der Waals surface area contributed by atoms with Crippen molar-refractivity contribution in [2.45, 2.75) is 52.9 Å². The van der Waals surface area contributed by atoms with Crippen molar-refractivity contribution in [3.8, 4) is 5.75 Å². The Morgan fingerprint density at radius 2 is 1.85 bits per heavy atom. The first-order valence-corrected chi connectivity index (χ1v) is 7.52. The van der Waals surface area contributed by atoms with Gasteiger partial charge in [-0.05, 0) is 43.4 Å². The highest BCUT2D eigenvalue weighted by Gasteiger charge is 2.20. The summed E-state index contributed by atoms with van der Waals surface area (Å²) in [6, 6.07) is 8.37. The van der Waals surface area contributed by atoms with E-state index in [1.54, 1.807) is 0 Å². The van der Waals surface area contributed by atoms with Gasteiger partial charge in [-0.3, -0.25) is 5.41 Å². The van der Waals surface area contributed by atoms with Gasteiger partial charge in [0.2, 0.25) is 0 Å². The fraction of sp³-hybridized carbons (Fsp3) is 0.588. The van der Waals surface area contributed by atoms with Crippen molar-refractivity contribution in [3.05, 3.63) is 29.8 Å². The molecule has 0 aliphatic carbocycles. The van der Waals surface area contributed by atoms with Crippen molar-refractivity contribution in [3.63, 3.8) is 0 Å². The van der Waals surface area contributed by atoms with Crippen LogP contribution >= 0.6 is 0 Å². The number of rotatable bonds is 9. The molecule has 0 radical (unpaired) electrons. The molecule has 0 saturated heterocycles. The van der Waals surface area contributed by atoms with Gasteiger partial charge in [-0.2, -0.15) is 0 Å². The SMILES string of the molecule is CCCCc1ccc(OCCCC(C)(C)C(=N)N)cc1. The Morgan fingerprint density at radius 1 is 1.20 bits per heavy atom. The fourth-order valence-electron chi connectivity index (χ4n) is 1.97. The number of amidine groups is 1. The van der Waals surface area contributed by atoms with Crippen molar-refractivity contribution in [2.75, 3.05) is 6.61 Å². The van der Waals surface area contributed by atoms with Crippen molar-refractivity contribution >= 4 is 5.84 Å². The summed E-state index contributed by atoms with van der Waals surface area (Å²) >= 11 is 0. The van der Waals surface area contributed by atoms with Crippen LogP contribution in [-0.2, 0) is 6.42 Å². The summed E-state index contributed by atoms with van der Waals surface area (Å²) in [4.78, 5) is 0. The molecule has 1 aromatic rings. The van der Waals surface area contributed by atoms with Crippen LogP contribution in [0.15, 0.2) is 24.3 Å². The van der Waals surface area contributed by atoms with Gasteiger partial charge in [0.1, 0.15) is 5.75 Å². The normalized spacial score (nSPS) is 11.3. The molecule has 0 aliphatic heterocycles. The Morgan fingerprint density at radius 3 is 2.40 bits per heavy atom. The van der Waals surface area contributed by atoms with E-state index in [4.69, 9.17) is 15.9 Å². The number of nitrogens with two attached hydrogens (primary N) is 1. The average molecular weight is 276 g/mol. The Labute approximate surface area is 123 Å². The maximum Gasteiger partial charge on any atom is 0.119 e. The molecule has 20 heavy (non-hydrogen) atoms. The first kappa shape index (κ1) is 16.5. The lowest BCUT2D eigenvalue weighted by Crippen LogP contribution is -2.31. The predicted octanol–water partition coefficient (Wildman–Crippen LogP) is 4.15. The molecular weight excluding hydrogens is 248 g/mol. The summed E-state index contributed by atoms with van der Waals surface area (Å²) in [5, 5.41) is 7.51. The lowest BCUT2D eigenvalue weighted by atomic mass is 9.87. The highest BCUT2D eigenvalue weighted by Crippen LogP contribution is 2.22. The van der Waals surface area contributed by atoms with Crippen LogP contribution in [0.4, 0.5) is 0 Å². The zero-order valence-corrected chi connectivity index (χ0v) is 13.0. The van der Waals surface area contributed by atoms with Crippen LogP contribution in [0, 0.1) is 10.8 Å². The van der Waals surface area contributed by atoms with Crippen LogP contribution in [0.3, 0.4) is 0 Å². The van der Waals surface area contributed by atoms with Crippen molar-refractivity contribution in [1.82, 2.24) is 0 Å². The largest absolute Gasteiger partial charge is 0.494 e. The molecule has 0 heterocycles. The molecule has 1 aromatic carbocycles. The van der Waals surface area contributed by atoms with E-state index in [1.807, 2.05) is 26.0 Å². The summed E-state index contributed by atoms with van der Waals surface area (Å²) < 4.78 is 5.73. The molecule has 0 saturated carbocycles. The molecule has 1 rings (SSSR count). The average Bonchev–Trinajstić information content (AvgIpc) is 2.42. The van der Waals surface area contributed by atoms with Crippen molar-refractivity contribution in [2.24, 2.45) is 11.1 Å². The second-order valence-corrected chi connectivity index (χ2v) is 6.00. The molecule has 3 N–H and O–H groups in total. The molecule has 3 nitrogen and oxygen atoms in total. The highest BCUT2D eigenvalue weighted by atomic mass is 16.5. The zero-order chi connectivity index (χ0) is 15.0. The monoisotopic (exact) mass is 276 g/mol. The minimum absolute atomic E-state index is 0.229. The van der Waals surface area contributed by atoms with Crippen LogP contribution in [0.1, 0.15) is 52.0 Å². The van der Waals surface area contributed by atoms with E-state index in [1.165, 1.54) is 18.4 Å². The second kappa shape index (κ2) is 7.93. The number of ether oxygens (including phenoxy) is 1. The molecule has 0 aliphatic rings. The van der Waals surface area contributed by atoms with Crippen LogP contribution in [0.2, 0.25) is 0 Å². The summed E-state index contributed by atoms with van der Waals surface area (Å²) in [5.74, 6) is 1.17. The molecule has 0 bridgehead atoms. The number of unbranched alkanes of at least 4 members (excludes halogenated alkanes) is 1. The van der Waals surface area contributed by atoms with E-state index in [9.17, 15) is 0 Å². The van der Waals surface area contributed by atoms with E-state index >= 15 is 0 Å². The third-order valence-corrected chi connectivity index (χ3v) is 3.69. The Hall–Kier alpha value is -1.51. The van der Waals surface area contributed by atoms with E-state index in [2.05, 4.69) is 19.1 Å². The van der Waals surface area contributed by atoms with E-state index < -0.39 is 0 Å². The standard InChI is InChI=1S/C17H28N2O/c1-4-5-7-14-8-10-15(11-9-14)20-13-6-12-17(2,3)16(18)19/h8-11H,4-7,12-13H2,1-3H3,(H3,18,19). The van der Waals surface area contributed by atoms with Gasteiger partial charge in [-0.1, -0.05) is 39.3 Å². The summed E-state index contributed by atoms with van der Waals surface area (Å²) in [7, 11) is 0. The van der Waals surface area contributed by atoms with Crippen LogP contribution in [0.5, 0.6) is 5.75 Å². The molecule has 112 valence electrons. The van der Waals surface area contributed by atoms with Crippen molar-refractivity contribution in [1.29, 1.82) is 5.41 Å². The Kier molecular flexibility index (Phi) is 6.56. The minimum atomic E-state index is -0.229. The van der Waals surface area contributed by atoms with Crippen LogP contribution < -0.4 is 10.5 Å². The molecule has 0 spiro atoms. The van der Waals surface area contributed by atoms with Crippen molar-refractivity contribution < 1.29 is 4.74 Å². The van der Waals surface area contributed by atoms with Gasteiger partial charge >= 0.3 is 0 Å². The quantitative estimate of drug-likeness (QED) is 0.404. The summed E-state index contributed by atoms with van der Waals surface area (Å²) in [6.07, 6.45) is 5.38. The van der Waals surface area contributed by atoms with Gasteiger partial charge in [0, 0.05) is 5.41 Å². The third-order valence-electron chi connectivity index (χ3n) is 3.69. The maximum atomic E-state index is 7.51. The van der Waals surface area contributed by atoms with E-state index in [0.717, 1.165) is 25.0 Å². The number of benzene rings is 1. The highest BCUT2D eigenvalue weighted by molar-refractivity contribution is 5.82. The molecular formula is C17H28N2O. The van der Waals surface area contributed by atoms with E-state index in [-0.39, 0.29) is 11.3 Å². The number of hydrogen-bond acceptors (Lipinski definition) is 2. The zero-order valence-electron chi connectivity index (χ0n) is 13.0. The van der Waals surface area contributed by atoms with Gasteiger partial charge in [0.15, 0.2) is 0 Å². The van der Waals surface area contributed by atoms with Gasteiger partial charge in [-0.25, -0.2) is 0 Å².